The van der Waals surface area contributed by atoms with Gasteiger partial charge in [-0.3, -0.25) is 0 Å². The lowest BCUT2D eigenvalue weighted by Crippen LogP contribution is -2.07. The highest BCUT2D eigenvalue weighted by Crippen LogP contribution is 2.31. The number of aromatic carboxylic acids is 1. The van der Waals surface area contributed by atoms with E-state index < -0.39 is 5.97 Å². The molecule has 1 heterocycles. The van der Waals surface area contributed by atoms with E-state index in [9.17, 15) is 4.79 Å². The van der Waals surface area contributed by atoms with Gasteiger partial charge in [-0.05, 0) is 70.6 Å². The largest absolute Gasteiger partial charge is 0.493 e. The molecule has 1 aliphatic heterocycles. The molecule has 0 radical (unpaired) electrons. The summed E-state index contributed by atoms with van der Waals surface area (Å²) in [5.41, 5.74) is 3.87. The van der Waals surface area contributed by atoms with Crippen molar-refractivity contribution in [2.24, 2.45) is 0 Å². The van der Waals surface area contributed by atoms with Gasteiger partial charge in [0, 0.05) is 0 Å². The van der Waals surface area contributed by atoms with Crippen LogP contribution in [0.15, 0.2) is 54.6 Å². The normalized spacial score (nSPS) is 13.4. The molecule has 1 N–H and O–H groups in total. The van der Waals surface area contributed by atoms with Crippen LogP contribution in [0.1, 0.15) is 22.3 Å². The van der Waals surface area contributed by atoms with E-state index >= 15 is 0 Å². The lowest BCUT2D eigenvalue weighted by molar-refractivity contribution is 0.0697. The van der Waals surface area contributed by atoms with Crippen LogP contribution >= 0.6 is 0 Å². The summed E-state index contributed by atoms with van der Waals surface area (Å²) < 4.78 is 5.66. The maximum Gasteiger partial charge on any atom is 0.335 e. The second-order valence-electron chi connectivity index (χ2n) is 5.86. The molecule has 114 valence electrons. The number of benzene rings is 3. The van der Waals surface area contributed by atoms with Gasteiger partial charge in [-0.15, -0.1) is 0 Å². The van der Waals surface area contributed by atoms with E-state index in [1.54, 1.807) is 12.1 Å². The van der Waals surface area contributed by atoms with Crippen molar-refractivity contribution in [3.8, 4) is 16.9 Å². The van der Waals surface area contributed by atoms with Crippen molar-refractivity contribution < 1.29 is 14.6 Å². The van der Waals surface area contributed by atoms with Gasteiger partial charge in [0.05, 0.1) is 12.2 Å². The molecule has 0 unspecified atom stereocenters. The maximum atomic E-state index is 11.1. The van der Waals surface area contributed by atoms with E-state index in [-0.39, 0.29) is 0 Å². The Morgan fingerprint density at radius 3 is 2.52 bits per heavy atom. The SMILES string of the molecule is O=C(O)c1ccc2cc(-c3ccc4c(c3)CCCO4)ccc2c1. The summed E-state index contributed by atoms with van der Waals surface area (Å²) in [6, 6.07) is 17.7. The van der Waals surface area contributed by atoms with E-state index in [0.717, 1.165) is 41.5 Å². The standard InChI is InChI=1S/C20H16O3/c21-20(22)18-6-5-14-10-13(3-4-15(14)12-18)16-7-8-19-17(11-16)2-1-9-23-19/h3-8,10-12H,1-2,9H2,(H,21,22). The predicted molar refractivity (Wildman–Crippen MR) is 90.2 cm³/mol. The fourth-order valence-corrected chi connectivity index (χ4v) is 3.10. The van der Waals surface area contributed by atoms with E-state index in [2.05, 4.69) is 18.2 Å². The Morgan fingerprint density at radius 2 is 1.65 bits per heavy atom. The minimum Gasteiger partial charge on any atom is -0.493 e. The van der Waals surface area contributed by atoms with E-state index in [4.69, 9.17) is 9.84 Å². The molecule has 3 aromatic carbocycles. The van der Waals surface area contributed by atoms with Crippen molar-refractivity contribution in [1.82, 2.24) is 0 Å². The van der Waals surface area contributed by atoms with Gasteiger partial charge >= 0.3 is 5.97 Å². The minimum absolute atomic E-state index is 0.316. The molecular formula is C20H16O3. The second kappa shape index (κ2) is 5.43. The topological polar surface area (TPSA) is 46.5 Å². The molecule has 1 aliphatic rings. The molecule has 0 bridgehead atoms. The molecule has 4 rings (SSSR count). The van der Waals surface area contributed by atoms with E-state index in [1.807, 2.05) is 24.3 Å². The van der Waals surface area contributed by atoms with Gasteiger partial charge in [-0.25, -0.2) is 4.79 Å². The fourth-order valence-electron chi connectivity index (χ4n) is 3.10. The van der Waals surface area contributed by atoms with Gasteiger partial charge in [0.15, 0.2) is 0 Å². The Bertz CT molecular complexity index is 912. The molecule has 23 heavy (non-hydrogen) atoms. The van der Waals surface area contributed by atoms with Crippen LogP contribution in [0.5, 0.6) is 5.75 Å². The molecule has 3 nitrogen and oxygen atoms in total. The Morgan fingerprint density at radius 1 is 0.913 bits per heavy atom. The molecule has 0 amide bonds. The second-order valence-corrected chi connectivity index (χ2v) is 5.86. The predicted octanol–water partition coefficient (Wildman–Crippen LogP) is 4.53. The number of carbonyl (C=O) groups is 1. The van der Waals surface area contributed by atoms with Gasteiger partial charge in [0.1, 0.15) is 5.75 Å². The van der Waals surface area contributed by atoms with Crippen LogP contribution in [0.2, 0.25) is 0 Å². The number of rotatable bonds is 2. The van der Waals surface area contributed by atoms with Crippen LogP contribution in [0.25, 0.3) is 21.9 Å². The Balaban J connectivity index is 1.77. The molecular weight excluding hydrogens is 288 g/mol. The fraction of sp³-hybridized carbons (Fsp3) is 0.150. The van der Waals surface area contributed by atoms with Crippen molar-refractivity contribution in [3.05, 3.63) is 65.7 Å². The highest BCUT2D eigenvalue weighted by molar-refractivity contribution is 5.95. The number of hydrogen-bond acceptors (Lipinski definition) is 2. The average molecular weight is 304 g/mol. The number of carboxylic acids is 1. The van der Waals surface area contributed by atoms with Crippen LogP contribution in [-0.4, -0.2) is 17.7 Å². The summed E-state index contributed by atoms with van der Waals surface area (Å²) in [7, 11) is 0. The molecule has 0 fully saturated rings. The molecule has 0 atom stereocenters. The van der Waals surface area contributed by atoms with Crippen LogP contribution in [-0.2, 0) is 6.42 Å². The van der Waals surface area contributed by atoms with Crippen LogP contribution in [0, 0.1) is 0 Å². The van der Waals surface area contributed by atoms with Gasteiger partial charge in [-0.2, -0.15) is 0 Å². The summed E-state index contributed by atoms with van der Waals surface area (Å²) in [5.74, 6) is 0.0950. The average Bonchev–Trinajstić information content (AvgIpc) is 2.60. The first-order valence-corrected chi connectivity index (χ1v) is 7.74. The monoisotopic (exact) mass is 304 g/mol. The van der Waals surface area contributed by atoms with E-state index in [1.165, 1.54) is 11.1 Å². The van der Waals surface area contributed by atoms with Crippen molar-refractivity contribution in [2.75, 3.05) is 6.61 Å². The number of hydrogen-bond donors (Lipinski definition) is 1. The third-order valence-corrected chi connectivity index (χ3v) is 4.33. The molecule has 3 aromatic rings. The van der Waals surface area contributed by atoms with Crippen LogP contribution < -0.4 is 4.74 Å². The Kier molecular flexibility index (Phi) is 3.27. The lowest BCUT2D eigenvalue weighted by atomic mass is 9.96. The van der Waals surface area contributed by atoms with Gasteiger partial charge in [-0.1, -0.05) is 24.3 Å². The first-order valence-electron chi connectivity index (χ1n) is 7.74. The summed E-state index contributed by atoms with van der Waals surface area (Å²) in [4.78, 5) is 11.1. The van der Waals surface area contributed by atoms with Crippen molar-refractivity contribution in [2.45, 2.75) is 12.8 Å². The minimum atomic E-state index is -0.898. The Labute approximate surface area is 134 Å². The van der Waals surface area contributed by atoms with Crippen LogP contribution in [0.4, 0.5) is 0 Å². The number of carboxylic acid groups (broad SMARTS) is 1. The Hall–Kier alpha value is -2.81. The number of aryl methyl sites for hydroxylation is 1. The summed E-state index contributed by atoms with van der Waals surface area (Å²) in [5, 5.41) is 11.1. The molecule has 0 aromatic heterocycles. The molecule has 0 saturated heterocycles. The van der Waals surface area contributed by atoms with E-state index in [0.29, 0.717) is 5.56 Å². The maximum absolute atomic E-state index is 11.1. The lowest BCUT2D eigenvalue weighted by Gasteiger charge is -2.18. The third kappa shape index (κ3) is 2.55. The third-order valence-electron chi connectivity index (χ3n) is 4.33. The molecule has 3 heteroatoms. The number of fused-ring (bicyclic) bond motifs is 2. The van der Waals surface area contributed by atoms with Crippen LogP contribution in [0.3, 0.4) is 0 Å². The zero-order valence-corrected chi connectivity index (χ0v) is 12.6. The zero-order chi connectivity index (χ0) is 15.8. The van der Waals surface area contributed by atoms with Gasteiger partial charge in [0.25, 0.3) is 0 Å². The highest BCUT2D eigenvalue weighted by atomic mass is 16.5. The van der Waals surface area contributed by atoms with Gasteiger partial charge in [0.2, 0.25) is 0 Å². The van der Waals surface area contributed by atoms with Crippen molar-refractivity contribution in [1.29, 1.82) is 0 Å². The molecule has 0 spiro atoms. The van der Waals surface area contributed by atoms with Crippen molar-refractivity contribution >= 4 is 16.7 Å². The van der Waals surface area contributed by atoms with Crippen molar-refractivity contribution in [3.63, 3.8) is 0 Å². The highest BCUT2D eigenvalue weighted by Gasteiger charge is 2.11. The quantitative estimate of drug-likeness (QED) is 0.756. The molecule has 0 saturated carbocycles. The summed E-state index contributed by atoms with van der Waals surface area (Å²) in [6.07, 6.45) is 2.12. The summed E-state index contributed by atoms with van der Waals surface area (Å²) in [6.45, 7) is 0.800. The molecule has 0 aliphatic carbocycles. The van der Waals surface area contributed by atoms with Gasteiger partial charge < -0.3 is 9.84 Å². The summed E-state index contributed by atoms with van der Waals surface area (Å²) >= 11 is 0. The first-order chi connectivity index (χ1) is 11.2. The first kappa shape index (κ1) is 13.8. The zero-order valence-electron chi connectivity index (χ0n) is 12.6. The smallest absolute Gasteiger partial charge is 0.335 e. The number of ether oxygens (including phenoxy) is 1.